The smallest absolute Gasteiger partial charge is 0.395 e. The van der Waals surface area contributed by atoms with Crippen LogP contribution in [0.25, 0.3) is 10.9 Å². The summed E-state index contributed by atoms with van der Waals surface area (Å²) < 4.78 is 37.9. The molecule has 0 saturated carbocycles. The molecule has 0 aliphatic rings. The third-order valence-electron chi connectivity index (χ3n) is 2.69. The molecule has 2 N–H and O–H groups in total. The molecule has 0 atom stereocenters. The number of anilines is 1. The van der Waals surface area contributed by atoms with Crippen molar-refractivity contribution >= 4 is 16.6 Å². The lowest BCUT2D eigenvalue weighted by Gasteiger charge is -2.12. The molecule has 0 radical (unpaired) electrons. The van der Waals surface area contributed by atoms with Gasteiger partial charge in [-0.05, 0) is 25.1 Å². The Hall–Kier alpha value is -1.82. The lowest BCUT2D eigenvalue weighted by atomic mass is 10.1. The molecular formula is C13H13F3N2O. The summed E-state index contributed by atoms with van der Waals surface area (Å²) >= 11 is 0. The lowest BCUT2D eigenvalue weighted by Crippen LogP contribution is -2.08. The number of aryl methyl sites for hydroxylation is 1. The number of aliphatic hydroxyl groups is 1. The SMILES string of the molecule is Cc1cc(NCCO)c2ccc(C(F)(F)F)cc2n1. The highest BCUT2D eigenvalue weighted by Gasteiger charge is 2.30. The normalized spacial score (nSPS) is 11.8. The van der Waals surface area contributed by atoms with Crippen molar-refractivity contribution in [1.82, 2.24) is 4.98 Å². The first-order chi connectivity index (χ1) is 8.91. The van der Waals surface area contributed by atoms with Crippen LogP contribution >= 0.6 is 0 Å². The fraction of sp³-hybridized carbons (Fsp3) is 0.308. The van der Waals surface area contributed by atoms with Gasteiger partial charge in [-0.2, -0.15) is 13.2 Å². The minimum Gasteiger partial charge on any atom is -0.395 e. The summed E-state index contributed by atoms with van der Waals surface area (Å²) in [4.78, 5) is 4.12. The molecule has 2 rings (SSSR count). The van der Waals surface area contributed by atoms with Crippen LogP contribution in [0.4, 0.5) is 18.9 Å². The molecule has 2 aromatic rings. The van der Waals surface area contributed by atoms with Crippen LogP contribution in [0.15, 0.2) is 24.3 Å². The standard InChI is InChI=1S/C13H13F3N2O/c1-8-6-11(17-4-5-19)10-3-2-9(13(14,15)16)7-12(10)18-8/h2-3,6-7,19H,4-5H2,1H3,(H,17,18). The maximum atomic E-state index is 12.6. The predicted octanol–water partition coefficient (Wildman–Crippen LogP) is 2.97. The zero-order valence-electron chi connectivity index (χ0n) is 10.3. The number of nitrogens with one attached hydrogen (secondary N) is 1. The Morgan fingerprint density at radius 2 is 2.00 bits per heavy atom. The molecule has 6 heteroatoms. The van der Waals surface area contributed by atoms with Crippen molar-refractivity contribution in [2.24, 2.45) is 0 Å². The van der Waals surface area contributed by atoms with E-state index in [1.165, 1.54) is 6.07 Å². The Morgan fingerprint density at radius 1 is 1.26 bits per heavy atom. The minimum atomic E-state index is -4.38. The fourth-order valence-electron chi connectivity index (χ4n) is 1.87. The molecule has 102 valence electrons. The number of aliphatic hydroxyl groups excluding tert-OH is 1. The maximum absolute atomic E-state index is 12.6. The van der Waals surface area contributed by atoms with Gasteiger partial charge in [0.2, 0.25) is 0 Å². The Kier molecular flexibility index (Phi) is 3.61. The molecular weight excluding hydrogens is 257 g/mol. The zero-order valence-corrected chi connectivity index (χ0v) is 10.3. The number of rotatable bonds is 3. The third kappa shape index (κ3) is 2.96. The van der Waals surface area contributed by atoms with Crippen LogP contribution in [-0.2, 0) is 6.18 Å². The van der Waals surface area contributed by atoms with Gasteiger partial charge < -0.3 is 10.4 Å². The van der Waals surface area contributed by atoms with Crippen molar-refractivity contribution in [3.05, 3.63) is 35.5 Å². The number of benzene rings is 1. The minimum absolute atomic E-state index is 0.0521. The van der Waals surface area contributed by atoms with Crippen LogP contribution in [0, 0.1) is 6.92 Å². The second-order valence-corrected chi connectivity index (χ2v) is 4.19. The highest BCUT2D eigenvalue weighted by molar-refractivity contribution is 5.91. The molecule has 0 bridgehead atoms. The van der Waals surface area contributed by atoms with E-state index < -0.39 is 11.7 Å². The predicted molar refractivity (Wildman–Crippen MR) is 67.1 cm³/mol. The summed E-state index contributed by atoms with van der Waals surface area (Å²) in [6.07, 6.45) is -4.38. The molecule has 0 saturated heterocycles. The number of nitrogens with zero attached hydrogens (tertiary/aromatic N) is 1. The largest absolute Gasteiger partial charge is 0.416 e. The third-order valence-corrected chi connectivity index (χ3v) is 2.69. The Morgan fingerprint density at radius 3 is 2.63 bits per heavy atom. The summed E-state index contributed by atoms with van der Waals surface area (Å²) in [7, 11) is 0. The van der Waals surface area contributed by atoms with Gasteiger partial charge in [0, 0.05) is 23.3 Å². The Bertz CT molecular complexity index is 596. The Balaban J connectivity index is 2.55. The number of fused-ring (bicyclic) bond motifs is 1. The summed E-state index contributed by atoms with van der Waals surface area (Å²) in [6.45, 7) is 1.99. The van der Waals surface area contributed by atoms with Crippen molar-refractivity contribution in [3.63, 3.8) is 0 Å². The van der Waals surface area contributed by atoms with Crippen LogP contribution < -0.4 is 5.32 Å². The van der Waals surface area contributed by atoms with Crippen LogP contribution in [0.2, 0.25) is 0 Å². The van der Waals surface area contributed by atoms with Crippen LogP contribution in [-0.4, -0.2) is 23.2 Å². The fourth-order valence-corrected chi connectivity index (χ4v) is 1.87. The van der Waals surface area contributed by atoms with E-state index in [2.05, 4.69) is 10.3 Å². The molecule has 0 aliphatic heterocycles. The first-order valence-corrected chi connectivity index (χ1v) is 5.75. The van der Waals surface area contributed by atoms with E-state index in [1.807, 2.05) is 0 Å². The second-order valence-electron chi connectivity index (χ2n) is 4.19. The van der Waals surface area contributed by atoms with Crippen molar-refractivity contribution in [1.29, 1.82) is 0 Å². The van der Waals surface area contributed by atoms with Crippen molar-refractivity contribution in [3.8, 4) is 0 Å². The Labute approximate surface area is 108 Å². The average molecular weight is 270 g/mol. The number of hydrogen-bond acceptors (Lipinski definition) is 3. The molecule has 1 heterocycles. The molecule has 0 spiro atoms. The summed E-state index contributed by atoms with van der Waals surface area (Å²) in [5.41, 5.74) is 0.860. The van der Waals surface area contributed by atoms with Gasteiger partial charge in [0.25, 0.3) is 0 Å². The molecule has 3 nitrogen and oxygen atoms in total. The maximum Gasteiger partial charge on any atom is 0.416 e. The second kappa shape index (κ2) is 5.05. The summed E-state index contributed by atoms with van der Waals surface area (Å²) in [6, 6.07) is 5.20. The molecule has 0 fully saturated rings. The quantitative estimate of drug-likeness (QED) is 0.901. The lowest BCUT2D eigenvalue weighted by molar-refractivity contribution is -0.137. The zero-order chi connectivity index (χ0) is 14.0. The van der Waals surface area contributed by atoms with Crippen molar-refractivity contribution < 1.29 is 18.3 Å². The molecule has 19 heavy (non-hydrogen) atoms. The number of alkyl halides is 3. The van der Waals surface area contributed by atoms with E-state index in [1.54, 1.807) is 13.0 Å². The van der Waals surface area contributed by atoms with Crippen LogP contribution in [0.1, 0.15) is 11.3 Å². The van der Waals surface area contributed by atoms with E-state index in [4.69, 9.17) is 5.11 Å². The van der Waals surface area contributed by atoms with Crippen molar-refractivity contribution in [2.45, 2.75) is 13.1 Å². The van der Waals surface area contributed by atoms with Gasteiger partial charge in [0.05, 0.1) is 17.7 Å². The molecule has 0 aliphatic carbocycles. The number of pyridine rings is 1. The van der Waals surface area contributed by atoms with Gasteiger partial charge in [0.15, 0.2) is 0 Å². The van der Waals surface area contributed by atoms with E-state index in [9.17, 15) is 13.2 Å². The van der Waals surface area contributed by atoms with E-state index in [-0.39, 0.29) is 12.1 Å². The van der Waals surface area contributed by atoms with Crippen LogP contribution in [0.5, 0.6) is 0 Å². The van der Waals surface area contributed by atoms with E-state index in [0.717, 1.165) is 12.1 Å². The summed E-state index contributed by atoms with van der Waals surface area (Å²) in [5, 5.41) is 12.4. The first kappa shape index (κ1) is 13.6. The first-order valence-electron chi connectivity index (χ1n) is 5.75. The monoisotopic (exact) mass is 270 g/mol. The van der Waals surface area contributed by atoms with E-state index in [0.29, 0.717) is 23.3 Å². The number of aromatic nitrogens is 1. The average Bonchev–Trinajstić information content (AvgIpc) is 2.33. The number of hydrogen-bond donors (Lipinski definition) is 2. The molecule has 0 amide bonds. The van der Waals surface area contributed by atoms with Gasteiger partial charge >= 0.3 is 6.18 Å². The van der Waals surface area contributed by atoms with Gasteiger partial charge in [-0.25, -0.2) is 0 Å². The molecule has 1 aromatic heterocycles. The topological polar surface area (TPSA) is 45.1 Å². The van der Waals surface area contributed by atoms with Gasteiger partial charge in [-0.15, -0.1) is 0 Å². The van der Waals surface area contributed by atoms with Crippen molar-refractivity contribution in [2.75, 3.05) is 18.5 Å². The highest BCUT2D eigenvalue weighted by Crippen LogP contribution is 2.32. The highest BCUT2D eigenvalue weighted by atomic mass is 19.4. The van der Waals surface area contributed by atoms with Gasteiger partial charge in [-0.1, -0.05) is 6.07 Å². The molecule has 0 unspecified atom stereocenters. The molecule has 1 aromatic carbocycles. The van der Waals surface area contributed by atoms with Gasteiger partial charge in [0.1, 0.15) is 0 Å². The van der Waals surface area contributed by atoms with Gasteiger partial charge in [-0.3, -0.25) is 4.98 Å². The number of halogens is 3. The van der Waals surface area contributed by atoms with Crippen LogP contribution in [0.3, 0.4) is 0 Å². The summed E-state index contributed by atoms with van der Waals surface area (Å²) in [5.74, 6) is 0. The van der Waals surface area contributed by atoms with E-state index >= 15 is 0 Å².